The third-order valence-electron chi connectivity index (χ3n) is 9.16. The summed E-state index contributed by atoms with van der Waals surface area (Å²) in [6.07, 6.45) is 23.0. The average molecular weight is 598 g/mol. The third-order valence-corrected chi connectivity index (χ3v) is 12.0. The van der Waals surface area contributed by atoms with Gasteiger partial charge in [0, 0.05) is 34.3 Å². The second-order valence-electron chi connectivity index (χ2n) is 13.1. The van der Waals surface area contributed by atoms with Gasteiger partial charge in [0.2, 0.25) is 0 Å². The average Bonchev–Trinajstić information content (AvgIpc) is 3.08. The molecule has 1 aromatic rings. The fourth-order valence-corrected chi connectivity index (χ4v) is 9.07. The van der Waals surface area contributed by atoms with Gasteiger partial charge in [0.25, 0.3) is 5.91 Å². The van der Waals surface area contributed by atoms with E-state index in [4.69, 9.17) is 0 Å². The van der Waals surface area contributed by atoms with Crippen molar-refractivity contribution in [3.05, 3.63) is 53.0 Å². The first-order valence-corrected chi connectivity index (χ1v) is 18.9. The molecule has 1 aromatic carbocycles. The van der Waals surface area contributed by atoms with Crippen molar-refractivity contribution >= 4 is 35.0 Å². The Morgan fingerprint density at radius 2 is 1.59 bits per heavy atom. The molecular weight excluding hydrogens is 539 g/mol. The normalized spacial score (nSPS) is 25.2. The zero-order valence-corrected chi connectivity index (χ0v) is 28.4. The summed E-state index contributed by atoms with van der Waals surface area (Å²) in [5.41, 5.74) is 3.16. The molecule has 0 heterocycles. The van der Waals surface area contributed by atoms with E-state index in [0.29, 0.717) is 5.92 Å². The van der Waals surface area contributed by atoms with Crippen molar-refractivity contribution in [1.82, 2.24) is 5.32 Å². The zero-order valence-electron chi connectivity index (χ0n) is 26.7. The van der Waals surface area contributed by atoms with E-state index in [2.05, 4.69) is 67.5 Å². The molecule has 2 aliphatic rings. The van der Waals surface area contributed by atoms with Crippen LogP contribution in [0.4, 0.5) is 0 Å². The van der Waals surface area contributed by atoms with Crippen LogP contribution >= 0.6 is 23.5 Å². The Labute approximate surface area is 261 Å². The highest BCUT2D eigenvalue weighted by molar-refractivity contribution is 8.03. The maximum Gasteiger partial charge on any atom is 0.251 e. The summed E-state index contributed by atoms with van der Waals surface area (Å²) in [7, 11) is 0. The van der Waals surface area contributed by atoms with Crippen LogP contribution in [0.5, 0.6) is 0 Å². The van der Waals surface area contributed by atoms with Gasteiger partial charge >= 0.3 is 0 Å². The molecule has 230 valence electrons. The third kappa shape index (κ3) is 13.0. The van der Waals surface area contributed by atoms with Crippen LogP contribution in [0.15, 0.2) is 41.8 Å². The molecule has 2 unspecified atom stereocenters. The fraction of sp³-hybridized carbons (Fsp3) is 0.703. The summed E-state index contributed by atoms with van der Waals surface area (Å²) < 4.78 is 0. The molecule has 1 N–H and O–H groups in total. The van der Waals surface area contributed by atoms with Crippen LogP contribution in [0, 0.1) is 17.8 Å². The molecule has 0 saturated heterocycles. The van der Waals surface area contributed by atoms with E-state index >= 15 is 0 Å². The molecule has 1 saturated carbocycles. The molecule has 0 bridgehead atoms. The van der Waals surface area contributed by atoms with Crippen LogP contribution in [-0.4, -0.2) is 28.7 Å². The van der Waals surface area contributed by atoms with E-state index in [1.807, 2.05) is 26.0 Å². The molecule has 2 nitrogen and oxygen atoms in total. The number of nitrogens with one attached hydrogen (secondary N) is 1. The van der Waals surface area contributed by atoms with Crippen molar-refractivity contribution in [2.45, 2.75) is 135 Å². The van der Waals surface area contributed by atoms with E-state index in [9.17, 15) is 4.79 Å². The van der Waals surface area contributed by atoms with Gasteiger partial charge in [-0.25, -0.2) is 0 Å². The van der Waals surface area contributed by atoms with Crippen LogP contribution in [-0.2, 0) is 0 Å². The second kappa shape index (κ2) is 19.2. The lowest BCUT2D eigenvalue weighted by Gasteiger charge is -2.24. The second-order valence-corrected chi connectivity index (χ2v) is 15.6. The fourth-order valence-electron chi connectivity index (χ4n) is 6.22. The molecule has 0 radical (unpaired) electrons. The standard InChI is InChI=1S/C37H59NOS2/c1-6-31-15-11-9-13-17-36(25-19-31)41-27-34(26-40-35-16-12-8-7-10-14-29(4)18-24-35)30(5)32-20-22-33(23-21-32)37(39)38-28(2)3/h20-24,28-29,31,34,36H,5-19,25-27H2,1-4H3,(H,38,39)/b35-24+/t29-,31-,34?,36?/m0/s1. The summed E-state index contributed by atoms with van der Waals surface area (Å²) >= 11 is 4.34. The van der Waals surface area contributed by atoms with Crippen LogP contribution < -0.4 is 5.32 Å². The summed E-state index contributed by atoms with van der Waals surface area (Å²) in [4.78, 5) is 14.1. The highest BCUT2D eigenvalue weighted by atomic mass is 32.2. The molecule has 2 aliphatic carbocycles. The van der Waals surface area contributed by atoms with Crippen molar-refractivity contribution in [2.75, 3.05) is 11.5 Å². The SMILES string of the molecule is C=C(c1ccc(C(=O)NC(C)C)cc1)C(CS/C1=C/C[C@@H](C)CCCCCC1)CSC1CCCCC[C@H](CC)CC1. The predicted octanol–water partition coefficient (Wildman–Crippen LogP) is 11.3. The minimum absolute atomic E-state index is 0.00238. The molecule has 0 aliphatic heterocycles. The first-order valence-electron chi connectivity index (χ1n) is 16.9. The molecule has 1 amide bonds. The van der Waals surface area contributed by atoms with Crippen molar-refractivity contribution in [3.63, 3.8) is 0 Å². The number of carbonyl (C=O) groups is 1. The zero-order chi connectivity index (χ0) is 29.5. The van der Waals surface area contributed by atoms with Crippen LogP contribution in [0.1, 0.15) is 140 Å². The molecular formula is C37H59NOS2. The lowest BCUT2D eigenvalue weighted by atomic mass is 9.94. The van der Waals surface area contributed by atoms with E-state index in [0.717, 1.165) is 34.2 Å². The molecule has 1 fully saturated rings. The minimum Gasteiger partial charge on any atom is -0.350 e. The van der Waals surface area contributed by atoms with Gasteiger partial charge in [0.1, 0.15) is 0 Å². The monoisotopic (exact) mass is 597 g/mol. The van der Waals surface area contributed by atoms with Gasteiger partial charge in [0.05, 0.1) is 0 Å². The van der Waals surface area contributed by atoms with Gasteiger partial charge in [-0.15, -0.1) is 11.8 Å². The van der Waals surface area contributed by atoms with E-state index < -0.39 is 0 Å². The number of benzene rings is 1. The lowest BCUT2D eigenvalue weighted by Crippen LogP contribution is -2.30. The quantitative estimate of drug-likeness (QED) is 0.275. The molecule has 4 heteroatoms. The predicted molar refractivity (Wildman–Crippen MR) is 186 cm³/mol. The topological polar surface area (TPSA) is 29.1 Å². The molecule has 0 spiro atoms. The lowest BCUT2D eigenvalue weighted by molar-refractivity contribution is 0.0943. The Morgan fingerprint density at radius 1 is 0.902 bits per heavy atom. The summed E-state index contributed by atoms with van der Waals surface area (Å²) in [6.45, 7) is 13.5. The van der Waals surface area contributed by atoms with Gasteiger partial charge in [-0.2, -0.15) is 11.8 Å². The number of hydrogen-bond acceptors (Lipinski definition) is 3. The highest BCUT2D eigenvalue weighted by Crippen LogP contribution is 2.37. The maximum absolute atomic E-state index is 12.5. The Kier molecular flexibility index (Phi) is 16.1. The summed E-state index contributed by atoms with van der Waals surface area (Å²) in [6, 6.07) is 8.33. The smallest absolute Gasteiger partial charge is 0.251 e. The van der Waals surface area contributed by atoms with Gasteiger partial charge in [-0.05, 0) is 92.4 Å². The van der Waals surface area contributed by atoms with E-state index in [-0.39, 0.29) is 11.9 Å². The largest absolute Gasteiger partial charge is 0.350 e. The summed E-state index contributed by atoms with van der Waals surface area (Å²) in [5, 5.41) is 3.79. The van der Waals surface area contributed by atoms with Gasteiger partial charge in [0.15, 0.2) is 0 Å². The van der Waals surface area contributed by atoms with Gasteiger partial charge in [-0.1, -0.05) is 96.4 Å². The van der Waals surface area contributed by atoms with Crippen molar-refractivity contribution in [1.29, 1.82) is 0 Å². The van der Waals surface area contributed by atoms with Gasteiger partial charge < -0.3 is 5.32 Å². The molecule has 3 rings (SSSR count). The highest BCUT2D eigenvalue weighted by Gasteiger charge is 2.21. The van der Waals surface area contributed by atoms with Crippen molar-refractivity contribution < 1.29 is 4.79 Å². The first kappa shape index (κ1) is 34.4. The Hall–Kier alpha value is -1.13. The Bertz CT molecular complexity index is 937. The Morgan fingerprint density at radius 3 is 2.34 bits per heavy atom. The number of carbonyl (C=O) groups excluding carboxylic acids is 1. The number of amides is 1. The molecule has 41 heavy (non-hydrogen) atoms. The van der Waals surface area contributed by atoms with Crippen molar-refractivity contribution in [3.8, 4) is 0 Å². The minimum atomic E-state index is 0.00238. The number of rotatable bonds is 11. The first-order chi connectivity index (χ1) is 19.9. The van der Waals surface area contributed by atoms with Gasteiger partial charge in [-0.3, -0.25) is 4.79 Å². The van der Waals surface area contributed by atoms with E-state index in [1.165, 1.54) is 107 Å². The number of allylic oxidation sites excluding steroid dienone is 3. The molecule has 4 atom stereocenters. The van der Waals surface area contributed by atoms with Crippen LogP contribution in [0.2, 0.25) is 0 Å². The van der Waals surface area contributed by atoms with Crippen molar-refractivity contribution in [2.24, 2.45) is 17.8 Å². The number of hydrogen-bond donors (Lipinski definition) is 1. The van der Waals surface area contributed by atoms with Crippen LogP contribution in [0.3, 0.4) is 0 Å². The number of thioether (sulfide) groups is 2. The van der Waals surface area contributed by atoms with E-state index in [1.54, 1.807) is 4.91 Å². The van der Waals surface area contributed by atoms with Crippen LogP contribution in [0.25, 0.3) is 5.57 Å². The molecule has 0 aromatic heterocycles. The maximum atomic E-state index is 12.5. The summed E-state index contributed by atoms with van der Waals surface area (Å²) in [5.74, 6) is 4.40. The Balaban J connectivity index is 1.71.